The van der Waals surface area contributed by atoms with Crippen molar-refractivity contribution < 1.29 is 4.79 Å². The number of alkyl halides is 1. The van der Waals surface area contributed by atoms with E-state index in [0.29, 0.717) is 17.5 Å². The highest BCUT2D eigenvalue weighted by molar-refractivity contribution is 6.18. The Balaban J connectivity index is 2.14. The minimum absolute atomic E-state index is 0.0845. The highest BCUT2D eigenvalue weighted by Gasteiger charge is 2.34. The van der Waals surface area contributed by atoms with Crippen LogP contribution in [0.1, 0.15) is 23.8 Å². The average molecular weight is 229 g/mol. The highest BCUT2D eigenvalue weighted by atomic mass is 35.5. The molecule has 0 spiro atoms. The van der Waals surface area contributed by atoms with Crippen LogP contribution in [0.2, 0.25) is 0 Å². The summed E-state index contributed by atoms with van der Waals surface area (Å²) in [5.41, 5.74) is 0.360. The van der Waals surface area contributed by atoms with Crippen molar-refractivity contribution in [3.8, 4) is 0 Å². The second-order valence-electron chi connectivity index (χ2n) is 3.84. The van der Waals surface area contributed by atoms with Gasteiger partial charge in [-0.3, -0.25) is 4.79 Å². The molecule has 1 aliphatic heterocycles. The van der Waals surface area contributed by atoms with Crippen molar-refractivity contribution in [1.29, 1.82) is 0 Å². The van der Waals surface area contributed by atoms with Gasteiger partial charge < -0.3 is 4.90 Å². The van der Waals surface area contributed by atoms with Crippen LogP contribution < -0.4 is 0 Å². The van der Waals surface area contributed by atoms with Gasteiger partial charge in [0.1, 0.15) is 0 Å². The molecule has 1 aromatic heterocycles. The Hall–Kier alpha value is -1.10. The smallest absolute Gasteiger partial charge is 0.276 e. The minimum Gasteiger partial charge on any atom is -0.333 e. The fraction of sp³-hybridized carbons (Fsp3) is 0.667. The lowest BCUT2D eigenvalue weighted by molar-refractivity contribution is 0.0731. The number of rotatable bonds is 2. The van der Waals surface area contributed by atoms with Gasteiger partial charge in [-0.1, -0.05) is 6.92 Å². The van der Waals surface area contributed by atoms with Gasteiger partial charge in [-0.25, -0.2) is 0 Å². The van der Waals surface area contributed by atoms with Crippen LogP contribution in [0.3, 0.4) is 0 Å². The Morgan fingerprint density at radius 3 is 3.20 bits per heavy atom. The molecule has 0 aliphatic carbocycles. The highest BCUT2D eigenvalue weighted by Crippen LogP contribution is 2.25. The molecular weight excluding hydrogens is 216 g/mol. The molecule has 1 N–H and O–H groups in total. The Kier molecular flexibility index (Phi) is 2.90. The van der Waals surface area contributed by atoms with E-state index >= 15 is 0 Å². The van der Waals surface area contributed by atoms with Gasteiger partial charge in [-0.15, -0.1) is 11.6 Å². The number of hydrogen-bond donors (Lipinski definition) is 1. The summed E-state index contributed by atoms with van der Waals surface area (Å²) in [6.45, 7) is 2.87. The van der Waals surface area contributed by atoms with Crippen molar-refractivity contribution >= 4 is 17.5 Å². The summed E-state index contributed by atoms with van der Waals surface area (Å²) in [7, 11) is 0. The zero-order chi connectivity index (χ0) is 10.8. The number of nitrogens with one attached hydrogen (secondary N) is 1. The van der Waals surface area contributed by atoms with Crippen molar-refractivity contribution in [2.75, 3.05) is 12.4 Å². The lowest BCUT2D eigenvalue weighted by atomic mass is 10.1. The van der Waals surface area contributed by atoms with Gasteiger partial charge in [-0.05, 0) is 12.3 Å². The Bertz CT molecular complexity index is 340. The number of carbonyl (C=O) groups is 1. The van der Waals surface area contributed by atoms with Crippen LogP contribution in [0.25, 0.3) is 0 Å². The number of hydrogen-bond acceptors (Lipinski definition) is 3. The largest absolute Gasteiger partial charge is 0.333 e. The molecule has 0 aromatic carbocycles. The van der Waals surface area contributed by atoms with Crippen LogP contribution in [0, 0.1) is 5.92 Å². The number of carbonyl (C=O) groups excluding carboxylic acids is 1. The van der Waals surface area contributed by atoms with Crippen molar-refractivity contribution in [2.24, 2.45) is 5.92 Å². The number of halogens is 1. The molecule has 1 fully saturated rings. The van der Waals surface area contributed by atoms with Crippen LogP contribution in [-0.2, 0) is 0 Å². The number of aromatic nitrogens is 3. The van der Waals surface area contributed by atoms with Gasteiger partial charge in [0.05, 0.1) is 6.20 Å². The van der Waals surface area contributed by atoms with Gasteiger partial charge in [0, 0.05) is 18.5 Å². The zero-order valence-corrected chi connectivity index (χ0v) is 9.24. The van der Waals surface area contributed by atoms with Crippen molar-refractivity contribution in [2.45, 2.75) is 19.4 Å². The molecule has 1 aliphatic rings. The third-order valence-corrected chi connectivity index (χ3v) is 3.25. The lowest BCUT2D eigenvalue weighted by Crippen LogP contribution is -2.38. The lowest BCUT2D eigenvalue weighted by Gasteiger charge is -2.23. The average Bonchev–Trinajstić information content (AvgIpc) is 2.85. The summed E-state index contributed by atoms with van der Waals surface area (Å²) in [6, 6.07) is 0.121. The topological polar surface area (TPSA) is 61.9 Å². The SMILES string of the molecule is CC1CCN(C(=O)c2cn[nH]n2)C1CCl. The van der Waals surface area contributed by atoms with Gasteiger partial charge in [0.25, 0.3) is 5.91 Å². The van der Waals surface area contributed by atoms with Gasteiger partial charge in [-0.2, -0.15) is 15.4 Å². The van der Waals surface area contributed by atoms with E-state index in [9.17, 15) is 4.79 Å². The normalized spacial score (nSPS) is 25.9. The fourth-order valence-corrected chi connectivity index (χ4v) is 2.42. The molecule has 5 nitrogen and oxygen atoms in total. The number of amides is 1. The van der Waals surface area contributed by atoms with E-state index in [1.807, 2.05) is 0 Å². The molecule has 1 saturated heterocycles. The first-order chi connectivity index (χ1) is 7.24. The number of nitrogens with zero attached hydrogens (tertiary/aromatic N) is 3. The number of likely N-dealkylation sites (tertiary alicyclic amines) is 1. The van der Waals surface area contributed by atoms with Crippen LogP contribution in [0.5, 0.6) is 0 Å². The monoisotopic (exact) mass is 228 g/mol. The first kappa shape index (κ1) is 10.4. The summed E-state index contributed by atoms with van der Waals surface area (Å²) >= 11 is 5.87. The second kappa shape index (κ2) is 4.18. The Labute approximate surface area is 92.8 Å². The molecule has 15 heavy (non-hydrogen) atoms. The van der Waals surface area contributed by atoms with Crippen LogP contribution in [-0.4, -0.2) is 44.7 Å². The summed E-state index contributed by atoms with van der Waals surface area (Å²) in [4.78, 5) is 13.8. The third-order valence-electron chi connectivity index (χ3n) is 2.94. The molecular formula is C9H13ClN4O. The molecule has 0 radical (unpaired) electrons. The molecule has 0 saturated carbocycles. The predicted octanol–water partition coefficient (Wildman–Crippen LogP) is 0.894. The third kappa shape index (κ3) is 1.84. The van der Waals surface area contributed by atoms with Gasteiger partial charge in [0.2, 0.25) is 0 Å². The first-order valence-corrected chi connectivity index (χ1v) is 5.50. The molecule has 2 atom stereocenters. The number of aromatic amines is 1. The molecule has 1 aromatic rings. The van der Waals surface area contributed by atoms with E-state index in [2.05, 4.69) is 22.3 Å². The maximum atomic E-state index is 12.0. The quantitative estimate of drug-likeness (QED) is 0.765. The molecule has 82 valence electrons. The zero-order valence-electron chi connectivity index (χ0n) is 8.48. The van der Waals surface area contributed by atoms with E-state index in [4.69, 9.17) is 11.6 Å². The van der Waals surface area contributed by atoms with Crippen molar-refractivity contribution in [3.05, 3.63) is 11.9 Å². The molecule has 6 heteroatoms. The van der Waals surface area contributed by atoms with Gasteiger partial charge in [0.15, 0.2) is 5.69 Å². The first-order valence-electron chi connectivity index (χ1n) is 4.96. The summed E-state index contributed by atoms with van der Waals surface area (Å²) in [5.74, 6) is 0.849. The molecule has 0 bridgehead atoms. The fourth-order valence-electron chi connectivity index (χ4n) is 1.95. The second-order valence-corrected chi connectivity index (χ2v) is 4.15. The summed E-state index contributed by atoms with van der Waals surface area (Å²) in [5, 5.41) is 9.85. The Morgan fingerprint density at radius 1 is 1.80 bits per heavy atom. The maximum Gasteiger partial charge on any atom is 0.276 e. The summed E-state index contributed by atoms with van der Waals surface area (Å²) < 4.78 is 0. The van der Waals surface area contributed by atoms with Crippen molar-refractivity contribution in [1.82, 2.24) is 20.3 Å². The minimum atomic E-state index is -0.0845. The van der Waals surface area contributed by atoms with Crippen molar-refractivity contribution in [3.63, 3.8) is 0 Å². The molecule has 2 heterocycles. The van der Waals surface area contributed by atoms with Gasteiger partial charge >= 0.3 is 0 Å². The van der Waals surface area contributed by atoms with E-state index in [-0.39, 0.29) is 11.9 Å². The predicted molar refractivity (Wildman–Crippen MR) is 55.7 cm³/mol. The van der Waals surface area contributed by atoms with E-state index in [0.717, 1.165) is 13.0 Å². The van der Waals surface area contributed by atoms with Crippen LogP contribution >= 0.6 is 11.6 Å². The van der Waals surface area contributed by atoms with Crippen LogP contribution in [0.15, 0.2) is 6.20 Å². The molecule has 2 unspecified atom stereocenters. The van der Waals surface area contributed by atoms with E-state index in [1.54, 1.807) is 4.90 Å². The van der Waals surface area contributed by atoms with Crippen LogP contribution in [0.4, 0.5) is 0 Å². The Morgan fingerprint density at radius 2 is 2.60 bits per heavy atom. The van der Waals surface area contributed by atoms with E-state index in [1.165, 1.54) is 6.20 Å². The molecule has 2 rings (SSSR count). The number of H-pyrrole nitrogens is 1. The standard InChI is InChI=1S/C9H13ClN4O/c1-6-2-3-14(8(6)4-10)9(15)7-5-11-13-12-7/h5-6,8H,2-4H2,1H3,(H,11,12,13). The maximum absolute atomic E-state index is 12.0. The molecule has 1 amide bonds. The van der Waals surface area contributed by atoms with E-state index < -0.39 is 0 Å². The summed E-state index contributed by atoms with van der Waals surface area (Å²) in [6.07, 6.45) is 2.44.